The predicted molar refractivity (Wildman–Crippen MR) is 125 cm³/mol. The van der Waals surface area contributed by atoms with E-state index in [0.29, 0.717) is 0 Å². The molecule has 1 heterocycles. The molecule has 0 radical (unpaired) electrons. The molecule has 0 aliphatic heterocycles. The quantitative estimate of drug-likeness (QED) is 0.0990. The maximum atomic E-state index is 15.0. The molecule has 1 aromatic heterocycles. The van der Waals surface area contributed by atoms with Crippen LogP contribution in [0.2, 0.25) is 0 Å². The third-order valence-corrected chi connectivity index (χ3v) is 6.24. The van der Waals surface area contributed by atoms with Crippen LogP contribution < -0.4 is 0 Å². The first-order valence-electron chi connectivity index (χ1n) is 11.3. The lowest BCUT2D eigenvalue weighted by Gasteiger charge is -2.08. The zero-order valence-electron chi connectivity index (χ0n) is 21.2. The Hall–Kier alpha value is -6.58. The first-order chi connectivity index (χ1) is 21.7. The third-order valence-electron chi connectivity index (χ3n) is 6.24. The van der Waals surface area contributed by atoms with Crippen molar-refractivity contribution in [3.8, 4) is 24.3 Å². The van der Waals surface area contributed by atoms with Gasteiger partial charge in [-0.1, -0.05) is 0 Å². The molecule has 6 nitrogen and oxygen atoms in total. The van der Waals surface area contributed by atoms with Crippen molar-refractivity contribution in [2.24, 2.45) is 0 Å². The largest absolute Gasteiger partial charge is 0.252 e. The number of hydrogen-bond acceptors (Lipinski definition) is 5. The molecular formula is C28F12N6. The topological polar surface area (TPSA) is 112 Å². The van der Waals surface area contributed by atoms with Crippen LogP contribution in [0.15, 0.2) is 16.7 Å². The molecule has 46 heavy (non-hydrogen) atoms. The van der Waals surface area contributed by atoms with Crippen molar-refractivity contribution in [1.82, 2.24) is 4.98 Å². The van der Waals surface area contributed by atoms with Crippen molar-refractivity contribution in [1.29, 1.82) is 21.0 Å². The summed E-state index contributed by atoms with van der Waals surface area (Å²) in [5, 5.41) is 37.1. The molecule has 0 spiro atoms. The minimum absolute atomic E-state index is 0.777. The van der Waals surface area contributed by atoms with E-state index in [1.165, 1.54) is 0 Å². The van der Waals surface area contributed by atoms with Crippen molar-refractivity contribution >= 4 is 16.8 Å². The summed E-state index contributed by atoms with van der Waals surface area (Å²) in [5.41, 5.74) is -19.1. The number of nitrogens with zero attached hydrogens (tertiary/aromatic N) is 6. The lowest BCUT2D eigenvalue weighted by atomic mass is 10.00. The second-order valence-corrected chi connectivity index (χ2v) is 8.49. The molecule has 1 saturated carbocycles. The predicted octanol–water partition coefficient (Wildman–Crippen LogP) is 7.09. The van der Waals surface area contributed by atoms with Crippen LogP contribution in [0.5, 0.6) is 0 Å². The fourth-order valence-corrected chi connectivity index (χ4v) is 4.23. The third kappa shape index (κ3) is 4.47. The highest BCUT2D eigenvalue weighted by molar-refractivity contribution is 6.11. The van der Waals surface area contributed by atoms with Gasteiger partial charge >= 0.3 is 0 Å². The van der Waals surface area contributed by atoms with Crippen LogP contribution in [-0.2, 0) is 0 Å². The van der Waals surface area contributed by atoms with Crippen molar-refractivity contribution in [2.75, 3.05) is 0 Å². The van der Waals surface area contributed by atoms with Crippen LogP contribution in [0, 0.1) is 122 Å². The average molecular weight is 648 g/mol. The molecule has 0 bridgehead atoms. The minimum atomic E-state index is -2.50. The lowest BCUT2D eigenvalue weighted by Crippen LogP contribution is -2.06. The normalized spacial score (nSPS) is 15.2. The van der Waals surface area contributed by atoms with Gasteiger partial charge in [-0.2, -0.15) is 34.8 Å². The highest BCUT2D eigenvalue weighted by Gasteiger charge is 2.46. The fourth-order valence-electron chi connectivity index (χ4n) is 4.23. The molecule has 2 aromatic carbocycles. The first kappa shape index (κ1) is 32.3. The summed E-state index contributed by atoms with van der Waals surface area (Å²) in [6, 6.07) is 3.51. The number of pyridine rings is 1. The van der Waals surface area contributed by atoms with E-state index in [2.05, 4.69) is 9.83 Å². The van der Waals surface area contributed by atoms with Crippen LogP contribution in [0.1, 0.15) is 27.8 Å². The number of halogens is 12. The van der Waals surface area contributed by atoms with Crippen molar-refractivity contribution in [2.45, 2.75) is 0 Å². The maximum Gasteiger partial charge on any atom is 0.252 e. The second kappa shape index (κ2) is 11.5. The summed E-state index contributed by atoms with van der Waals surface area (Å²) < 4.78 is 175. The Morgan fingerprint density at radius 3 is 1.11 bits per heavy atom. The number of allylic oxidation sites excluding steroid dienone is 5. The summed E-state index contributed by atoms with van der Waals surface area (Å²) in [7, 11) is 0. The summed E-state index contributed by atoms with van der Waals surface area (Å²) >= 11 is 0. The highest BCUT2D eigenvalue weighted by atomic mass is 19.2. The highest BCUT2D eigenvalue weighted by Crippen LogP contribution is 2.57. The van der Waals surface area contributed by atoms with Gasteiger partial charge in [-0.15, -0.1) is 0 Å². The van der Waals surface area contributed by atoms with Crippen LogP contribution >= 0.6 is 0 Å². The second-order valence-electron chi connectivity index (χ2n) is 8.49. The molecule has 4 rings (SSSR count). The Morgan fingerprint density at radius 1 is 0.478 bits per heavy atom. The van der Waals surface area contributed by atoms with E-state index < -0.39 is 131 Å². The number of nitriles is 4. The summed E-state index contributed by atoms with van der Waals surface area (Å²) in [5.74, 6) is -29.4. The number of hydrogen-bond donors (Lipinski definition) is 0. The SMILES string of the molecule is [C-]#[N+]/C(=C1/C(=C(\C#N)c2c(F)c(F)c(C#N)c(F)c2F)/C1=C(\C#N)c1c(F)c(F)nc(F)c1F)c1c(F)c(F)c(C#N)c(F)c1F. The Bertz CT molecular complexity index is 2080. The minimum Gasteiger partial charge on any atom is -0.237 e. The van der Waals surface area contributed by atoms with Gasteiger partial charge in [0.15, 0.2) is 58.2 Å². The number of aromatic nitrogens is 1. The summed E-state index contributed by atoms with van der Waals surface area (Å²) in [4.78, 5) is 4.83. The molecule has 18 heteroatoms. The van der Waals surface area contributed by atoms with E-state index in [9.17, 15) is 63.2 Å². The van der Waals surface area contributed by atoms with Gasteiger partial charge in [0.25, 0.3) is 11.9 Å². The molecule has 0 atom stereocenters. The van der Waals surface area contributed by atoms with Gasteiger partial charge in [0.1, 0.15) is 35.4 Å². The Morgan fingerprint density at radius 2 is 0.804 bits per heavy atom. The van der Waals surface area contributed by atoms with Gasteiger partial charge in [-0.3, -0.25) is 0 Å². The molecule has 1 aliphatic carbocycles. The van der Waals surface area contributed by atoms with E-state index in [1.807, 2.05) is 0 Å². The van der Waals surface area contributed by atoms with Gasteiger partial charge in [-0.05, 0) is 16.7 Å². The van der Waals surface area contributed by atoms with E-state index in [-0.39, 0.29) is 0 Å². The van der Waals surface area contributed by atoms with Crippen LogP contribution in [-0.4, -0.2) is 4.98 Å². The average Bonchev–Trinajstić information content (AvgIpc) is 3.74. The zero-order chi connectivity index (χ0) is 34.5. The van der Waals surface area contributed by atoms with Crippen LogP contribution in [0.3, 0.4) is 0 Å². The van der Waals surface area contributed by atoms with Gasteiger partial charge in [0.2, 0.25) is 5.70 Å². The summed E-state index contributed by atoms with van der Waals surface area (Å²) in [6.07, 6.45) is 0. The molecule has 0 saturated heterocycles. The first-order valence-corrected chi connectivity index (χ1v) is 11.3. The maximum absolute atomic E-state index is 15.0. The van der Waals surface area contributed by atoms with E-state index in [0.717, 1.165) is 24.3 Å². The molecular weight excluding hydrogens is 648 g/mol. The smallest absolute Gasteiger partial charge is 0.237 e. The molecule has 0 amide bonds. The molecule has 1 fully saturated rings. The Labute approximate surface area is 246 Å². The van der Waals surface area contributed by atoms with E-state index in [1.54, 1.807) is 0 Å². The van der Waals surface area contributed by atoms with Crippen molar-refractivity contribution in [3.05, 3.63) is 126 Å². The zero-order valence-corrected chi connectivity index (χ0v) is 21.2. The Balaban J connectivity index is 2.36. The van der Waals surface area contributed by atoms with E-state index >= 15 is 0 Å². The molecule has 0 N–H and O–H groups in total. The Kier molecular flexibility index (Phi) is 8.08. The lowest BCUT2D eigenvalue weighted by molar-refractivity contribution is 0.404. The molecule has 3 aromatic rings. The molecule has 226 valence electrons. The molecule has 1 aliphatic rings. The van der Waals surface area contributed by atoms with Crippen LogP contribution in [0.4, 0.5) is 52.7 Å². The molecule has 0 unspecified atom stereocenters. The monoisotopic (exact) mass is 648 g/mol. The van der Waals surface area contributed by atoms with Crippen LogP contribution in [0.25, 0.3) is 21.7 Å². The van der Waals surface area contributed by atoms with Gasteiger partial charge in [-0.25, -0.2) is 48.7 Å². The fraction of sp³-hybridized carbons (Fsp3) is 0. The van der Waals surface area contributed by atoms with Gasteiger partial charge < -0.3 is 0 Å². The van der Waals surface area contributed by atoms with Gasteiger partial charge in [0, 0.05) is 0 Å². The number of benzene rings is 2. The summed E-state index contributed by atoms with van der Waals surface area (Å²) in [6.45, 7) is 7.38. The van der Waals surface area contributed by atoms with E-state index in [4.69, 9.17) is 17.1 Å². The van der Waals surface area contributed by atoms with Gasteiger partial charge in [0.05, 0.1) is 34.4 Å². The number of rotatable bonds is 3. The van der Waals surface area contributed by atoms with Crippen molar-refractivity contribution < 1.29 is 52.7 Å². The van der Waals surface area contributed by atoms with Crippen molar-refractivity contribution in [3.63, 3.8) is 0 Å². The standard InChI is InChI=1S/C28F12N6/c1-45-26(15-22(35)18(31)9(5-44)19(32)23(15)36)14-10(6(2-41)12-20(33)16(29)8(4-43)17(30)21(12)34)11(14)7(3-42)13-24(37)27(39)46-28(40)25(13)38/b10-6+,11-7-,26-14-.